The summed E-state index contributed by atoms with van der Waals surface area (Å²) in [6, 6.07) is 0. The fourth-order valence-corrected chi connectivity index (χ4v) is 2.92. The zero-order valence-corrected chi connectivity index (χ0v) is 10.3. The molecular weight excluding hydrogens is 202 g/mol. The molecule has 92 valence electrons. The predicted molar refractivity (Wildman–Crippen MR) is 63.4 cm³/mol. The molecule has 1 saturated heterocycles. The van der Waals surface area contributed by atoms with Gasteiger partial charge in [-0.25, -0.2) is 0 Å². The first-order chi connectivity index (χ1) is 7.75. The summed E-state index contributed by atoms with van der Waals surface area (Å²) in [4.78, 5) is 13.9. The van der Waals surface area contributed by atoms with Crippen LogP contribution in [0.4, 0.5) is 0 Å². The maximum atomic E-state index is 11.6. The topological polar surface area (TPSA) is 29.5 Å². The van der Waals surface area contributed by atoms with Crippen LogP contribution in [0.1, 0.15) is 32.1 Å². The van der Waals surface area contributed by atoms with Gasteiger partial charge in [0.25, 0.3) is 0 Å². The molecule has 2 unspecified atom stereocenters. The number of ether oxygens (including phenoxy) is 1. The van der Waals surface area contributed by atoms with E-state index < -0.39 is 0 Å². The highest BCUT2D eigenvalue weighted by Crippen LogP contribution is 2.22. The van der Waals surface area contributed by atoms with E-state index in [1.54, 1.807) is 0 Å². The van der Waals surface area contributed by atoms with Gasteiger partial charge in [-0.2, -0.15) is 0 Å². The van der Waals surface area contributed by atoms with E-state index in [0.29, 0.717) is 17.6 Å². The zero-order chi connectivity index (χ0) is 11.4. The Balaban J connectivity index is 1.70. The predicted octanol–water partition coefficient (Wildman–Crippen LogP) is 1.71. The number of carbonyl (C=O) groups excluding carboxylic acids is 1. The van der Waals surface area contributed by atoms with Crippen LogP contribution in [0.3, 0.4) is 0 Å². The Morgan fingerprint density at radius 2 is 2.19 bits per heavy atom. The smallest absolute Gasteiger partial charge is 0.137 e. The highest BCUT2D eigenvalue weighted by atomic mass is 16.5. The molecule has 0 radical (unpaired) electrons. The van der Waals surface area contributed by atoms with Crippen LogP contribution in [-0.4, -0.2) is 44.0 Å². The Morgan fingerprint density at radius 1 is 1.31 bits per heavy atom. The van der Waals surface area contributed by atoms with Crippen LogP contribution in [0.25, 0.3) is 0 Å². The highest BCUT2D eigenvalue weighted by molar-refractivity contribution is 5.83. The summed E-state index contributed by atoms with van der Waals surface area (Å²) >= 11 is 0. The standard InChI is InChI=1S/C13H23NO2/c1-14(8-11-4-3-7-16-10-11)9-12-5-2-6-13(12)15/h11-12H,2-10H2,1H3. The molecule has 0 bridgehead atoms. The van der Waals surface area contributed by atoms with E-state index in [2.05, 4.69) is 11.9 Å². The van der Waals surface area contributed by atoms with Gasteiger partial charge in [-0.15, -0.1) is 0 Å². The van der Waals surface area contributed by atoms with Crippen LogP contribution in [-0.2, 0) is 9.53 Å². The minimum absolute atomic E-state index is 0.314. The summed E-state index contributed by atoms with van der Waals surface area (Å²) < 4.78 is 5.48. The maximum absolute atomic E-state index is 11.6. The number of carbonyl (C=O) groups is 1. The van der Waals surface area contributed by atoms with Crippen molar-refractivity contribution in [1.82, 2.24) is 4.90 Å². The number of Topliss-reactive ketones (excluding diaryl/α,β-unsaturated/α-hetero) is 1. The number of nitrogens with zero attached hydrogens (tertiary/aromatic N) is 1. The van der Waals surface area contributed by atoms with E-state index in [0.717, 1.165) is 45.6 Å². The van der Waals surface area contributed by atoms with Crippen LogP contribution >= 0.6 is 0 Å². The zero-order valence-electron chi connectivity index (χ0n) is 10.3. The maximum Gasteiger partial charge on any atom is 0.137 e. The lowest BCUT2D eigenvalue weighted by Crippen LogP contribution is -2.34. The largest absolute Gasteiger partial charge is 0.381 e. The van der Waals surface area contributed by atoms with E-state index in [9.17, 15) is 4.79 Å². The Bertz CT molecular complexity index is 236. The number of hydrogen-bond acceptors (Lipinski definition) is 3. The third kappa shape index (κ3) is 3.29. The molecule has 16 heavy (non-hydrogen) atoms. The molecular formula is C13H23NO2. The van der Waals surface area contributed by atoms with E-state index >= 15 is 0 Å². The van der Waals surface area contributed by atoms with Crippen molar-refractivity contribution in [3.05, 3.63) is 0 Å². The van der Waals surface area contributed by atoms with Crippen molar-refractivity contribution < 1.29 is 9.53 Å². The molecule has 0 aromatic carbocycles. The highest BCUT2D eigenvalue weighted by Gasteiger charge is 2.26. The van der Waals surface area contributed by atoms with Gasteiger partial charge in [-0.3, -0.25) is 4.79 Å². The van der Waals surface area contributed by atoms with Crippen molar-refractivity contribution in [2.24, 2.45) is 11.8 Å². The SMILES string of the molecule is CN(CC1CCCOC1)CC1CCCC1=O. The first-order valence-corrected chi connectivity index (χ1v) is 6.54. The summed E-state index contributed by atoms with van der Waals surface area (Å²) in [5, 5.41) is 0. The first kappa shape index (κ1) is 12.1. The summed E-state index contributed by atoms with van der Waals surface area (Å²) in [7, 11) is 2.14. The fraction of sp³-hybridized carbons (Fsp3) is 0.923. The van der Waals surface area contributed by atoms with Crippen LogP contribution in [0.2, 0.25) is 0 Å². The minimum Gasteiger partial charge on any atom is -0.381 e. The van der Waals surface area contributed by atoms with Crippen LogP contribution < -0.4 is 0 Å². The van der Waals surface area contributed by atoms with E-state index in [1.807, 2.05) is 0 Å². The van der Waals surface area contributed by atoms with Gasteiger partial charge in [0, 0.05) is 32.0 Å². The second-order valence-corrected chi connectivity index (χ2v) is 5.36. The number of hydrogen-bond donors (Lipinski definition) is 0. The summed E-state index contributed by atoms with van der Waals surface area (Å²) in [5.41, 5.74) is 0. The van der Waals surface area contributed by atoms with Gasteiger partial charge in [0.1, 0.15) is 5.78 Å². The van der Waals surface area contributed by atoms with E-state index in [4.69, 9.17) is 4.74 Å². The third-order valence-corrected chi connectivity index (χ3v) is 3.79. The van der Waals surface area contributed by atoms with Gasteiger partial charge in [0.05, 0.1) is 6.61 Å². The molecule has 2 rings (SSSR count). The molecule has 2 atom stereocenters. The molecule has 2 aliphatic rings. The number of ketones is 1. The Hall–Kier alpha value is -0.410. The van der Waals surface area contributed by atoms with E-state index in [-0.39, 0.29) is 0 Å². The molecule has 0 N–H and O–H groups in total. The first-order valence-electron chi connectivity index (χ1n) is 6.54. The van der Waals surface area contributed by atoms with Crippen molar-refractivity contribution >= 4 is 5.78 Å². The summed E-state index contributed by atoms with van der Waals surface area (Å²) in [6.07, 6.45) is 5.49. The van der Waals surface area contributed by atoms with Gasteiger partial charge in [0.15, 0.2) is 0 Å². The van der Waals surface area contributed by atoms with Crippen molar-refractivity contribution in [2.45, 2.75) is 32.1 Å². The second kappa shape index (κ2) is 5.78. The minimum atomic E-state index is 0.314. The second-order valence-electron chi connectivity index (χ2n) is 5.36. The average molecular weight is 225 g/mol. The summed E-state index contributed by atoms with van der Waals surface area (Å²) in [6.45, 7) is 3.88. The fourth-order valence-electron chi connectivity index (χ4n) is 2.92. The summed E-state index contributed by atoms with van der Waals surface area (Å²) in [5.74, 6) is 1.47. The average Bonchev–Trinajstić information content (AvgIpc) is 2.66. The normalized spacial score (nSPS) is 31.2. The molecule has 1 heterocycles. The van der Waals surface area contributed by atoms with Gasteiger partial charge >= 0.3 is 0 Å². The molecule has 0 spiro atoms. The molecule has 1 aliphatic heterocycles. The third-order valence-electron chi connectivity index (χ3n) is 3.79. The molecule has 2 fully saturated rings. The quantitative estimate of drug-likeness (QED) is 0.729. The van der Waals surface area contributed by atoms with E-state index in [1.165, 1.54) is 12.8 Å². The van der Waals surface area contributed by atoms with Crippen molar-refractivity contribution in [3.63, 3.8) is 0 Å². The van der Waals surface area contributed by atoms with Gasteiger partial charge in [0.2, 0.25) is 0 Å². The molecule has 0 aromatic heterocycles. The van der Waals surface area contributed by atoms with Gasteiger partial charge in [-0.1, -0.05) is 0 Å². The number of rotatable bonds is 4. The van der Waals surface area contributed by atoms with Crippen molar-refractivity contribution in [3.8, 4) is 0 Å². The molecule has 0 aromatic rings. The Morgan fingerprint density at radius 3 is 2.81 bits per heavy atom. The monoisotopic (exact) mass is 225 g/mol. The van der Waals surface area contributed by atoms with Crippen molar-refractivity contribution in [2.75, 3.05) is 33.4 Å². The molecule has 1 saturated carbocycles. The lowest BCUT2D eigenvalue weighted by molar-refractivity contribution is -0.121. The Labute approximate surface area is 98.1 Å². The molecule has 3 heteroatoms. The molecule has 1 aliphatic carbocycles. The van der Waals surface area contributed by atoms with Gasteiger partial charge < -0.3 is 9.64 Å². The lowest BCUT2D eigenvalue weighted by atomic mass is 10.0. The van der Waals surface area contributed by atoms with Crippen LogP contribution in [0.5, 0.6) is 0 Å². The Kier molecular flexibility index (Phi) is 4.36. The van der Waals surface area contributed by atoms with Crippen LogP contribution in [0.15, 0.2) is 0 Å². The van der Waals surface area contributed by atoms with Crippen LogP contribution in [0, 0.1) is 11.8 Å². The lowest BCUT2D eigenvalue weighted by Gasteiger charge is -2.28. The van der Waals surface area contributed by atoms with Crippen molar-refractivity contribution in [1.29, 1.82) is 0 Å². The molecule has 3 nitrogen and oxygen atoms in total. The molecule has 0 amide bonds. The van der Waals surface area contributed by atoms with Gasteiger partial charge in [-0.05, 0) is 38.6 Å².